The molecule has 98 heavy (non-hydrogen) atoms. The van der Waals surface area contributed by atoms with Crippen molar-refractivity contribution in [2.24, 2.45) is 0 Å². The van der Waals surface area contributed by atoms with E-state index in [4.69, 9.17) is 37.0 Å². The summed E-state index contributed by atoms with van der Waals surface area (Å²) in [6, 6.07) is 0. The molecule has 3 N–H and O–H groups in total. The molecule has 0 fully saturated rings. The van der Waals surface area contributed by atoms with E-state index in [1.807, 2.05) is 0 Å². The monoisotopic (exact) mass is 1430 g/mol. The summed E-state index contributed by atoms with van der Waals surface area (Å²) in [7, 11) is -9.93. The average Bonchev–Trinajstić information content (AvgIpc) is 0.986. The number of hydrogen-bond acceptors (Lipinski definition) is 15. The van der Waals surface area contributed by atoms with Crippen LogP contribution < -0.4 is 0 Å². The molecule has 0 aromatic rings. The van der Waals surface area contributed by atoms with Gasteiger partial charge in [0.05, 0.1) is 26.4 Å². The standard InChI is InChI=1S/C79H146O17P2/c1-5-9-13-17-21-25-29-32-35-36-39-41-45-48-52-56-60-64-77(82)89-69-74(95-78(83)65-61-57-53-49-43-28-24-20-16-12-8-4)71-93-97(85,86)91-67-73(80)68-92-98(87,88)94-72-75(96-79(84)66-62-58-54-50-46-42-38-34-31-27-23-19-15-11-7-3)70-90-76(81)63-59-55-51-47-44-40-37-33-30-26-22-18-14-10-6-2/h9,13,21,25,32-33,35,37,73-75,80H,5-8,10-12,14-20,22-24,26-31,34,36,38-72H2,1-4H3,(H,85,86)(H,87,88)/b13-9-,25-21-,35-32-,37-33-. The number of hydrogen-bond donors (Lipinski definition) is 3. The van der Waals surface area contributed by atoms with E-state index in [0.717, 1.165) is 154 Å². The lowest BCUT2D eigenvalue weighted by molar-refractivity contribution is -0.161. The molecule has 574 valence electrons. The van der Waals surface area contributed by atoms with Gasteiger partial charge in [-0.3, -0.25) is 37.3 Å². The van der Waals surface area contributed by atoms with E-state index in [9.17, 15) is 43.2 Å². The highest BCUT2D eigenvalue weighted by Crippen LogP contribution is 2.45. The zero-order valence-corrected chi connectivity index (χ0v) is 64.5. The van der Waals surface area contributed by atoms with Gasteiger partial charge in [0.1, 0.15) is 19.3 Å². The number of aliphatic hydroxyl groups excluding tert-OH is 1. The summed E-state index contributed by atoms with van der Waals surface area (Å²) in [4.78, 5) is 72.9. The highest BCUT2D eigenvalue weighted by atomic mass is 31.2. The van der Waals surface area contributed by atoms with Crippen LogP contribution in [0.25, 0.3) is 0 Å². The summed E-state index contributed by atoms with van der Waals surface area (Å²) in [6.45, 7) is 4.82. The molecule has 0 rings (SSSR count). The van der Waals surface area contributed by atoms with E-state index >= 15 is 0 Å². The first-order chi connectivity index (χ1) is 47.7. The molecule has 0 saturated heterocycles. The number of esters is 4. The summed E-state index contributed by atoms with van der Waals surface area (Å²) in [5.74, 6) is -2.15. The summed E-state index contributed by atoms with van der Waals surface area (Å²) in [5, 5.41) is 10.6. The van der Waals surface area contributed by atoms with Crippen molar-refractivity contribution in [1.29, 1.82) is 0 Å². The Labute approximate surface area is 597 Å². The molecule has 19 heteroatoms. The molecule has 0 spiro atoms. The second-order valence-corrected chi connectivity index (χ2v) is 29.9. The Balaban J connectivity index is 5.28. The van der Waals surface area contributed by atoms with Gasteiger partial charge in [0, 0.05) is 25.7 Å². The van der Waals surface area contributed by atoms with Crippen molar-refractivity contribution < 1.29 is 80.2 Å². The Bertz CT molecular complexity index is 2050. The van der Waals surface area contributed by atoms with Crippen molar-refractivity contribution in [2.45, 2.75) is 393 Å². The lowest BCUT2D eigenvalue weighted by Gasteiger charge is -2.21. The van der Waals surface area contributed by atoms with Crippen LogP contribution in [-0.4, -0.2) is 96.7 Å². The first-order valence-electron chi connectivity index (χ1n) is 39.9. The van der Waals surface area contributed by atoms with Gasteiger partial charge in [-0.2, -0.15) is 0 Å². The van der Waals surface area contributed by atoms with Gasteiger partial charge in [0.15, 0.2) is 12.2 Å². The van der Waals surface area contributed by atoms with Gasteiger partial charge < -0.3 is 33.8 Å². The molecule has 0 bridgehead atoms. The Morgan fingerprint density at radius 1 is 0.296 bits per heavy atom. The Hall–Kier alpha value is -2.98. The highest BCUT2D eigenvalue weighted by molar-refractivity contribution is 7.47. The maximum absolute atomic E-state index is 13.1. The average molecular weight is 1430 g/mol. The fraction of sp³-hybridized carbons (Fsp3) is 0.848. The summed E-state index contributed by atoms with van der Waals surface area (Å²) in [5.41, 5.74) is 0. The highest BCUT2D eigenvalue weighted by Gasteiger charge is 2.30. The van der Waals surface area contributed by atoms with E-state index in [0.29, 0.717) is 25.7 Å². The van der Waals surface area contributed by atoms with Crippen LogP contribution in [0.3, 0.4) is 0 Å². The smallest absolute Gasteiger partial charge is 0.462 e. The molecular weight excluding hydrogens is 1280 g/mol. The van der Waals surface area contributed by atoms with Gasteiger partial charge in [-0.15, -0.1) is 0 Å². The Morgan fingerprint density at radius 3 is 0.827 bits per heavy atom. The maximum atomic E-state index is 13.1. The van der Waals surface area contributed by atoms with Gasteiger partial charge in [-0.1, -0.05) is 314 Å². The number of aliphatic hydroxyl groups is 1. The molecule has 17 nitrogen and oxygen atoms in total. The van der Waals surface area contributed by atoms with Crippen molar-refractivity contribution in [1.82, 2.24) is 0 Å². The Morgan fingerprint density at radius 2 is 0.531 bits per heavy atom. The normalized spacial score (nSPS) is 14.2. The van der Waals surface area contributed by atoms with E-state index in [1.165, 1.54) is 141 Å². The van der Waals surface area contributed by atoms with Gasteiger partial charge in [-0.25, -0.2) is 9.13 Å². The number of phosphoric acid groups is 2. The number of unbranched alkanes of at least 4 members (excludes halogenated alkanes) is 42. The van der Waals surface area contributed by atoms with Gasteiger partial charge in [0.25, 0.3) is 0 Å². The third-order valence-corrected chi connectivity index (χ3v) is 19.2. The molecule has 5 unspecified atom stereocenters. The predicted molar refractivity (Wildman–Crippen MR) is 400 cm³/mol. The van der Waals surface area contributed by atoms with E-state index in [-0.39, 0.29) is 25.7 Å². The fourth-order valence-corrected chi connectivity index (χ4v) is 12.8. The Kier molecular flexibility index (Phi) is 70.2. The minimum Gasteiger partial charge on any atom is -0.462 e. The third kappa shape index (κ3) is 71.4. The molecule has 0 aromatic carbocycles. The largest absolute Gasteiger partial charge is 0.472 e. The molecule has 0 saturated carbocycles. The molecule has 0 radical (unpaired) electrons. The molecular formula is C79H146O17P2. The topological polar surface area (TPSA) is 237 Å². The molecule has 0 heterocycles. The summed E-state index contributed by atoms with van der Waals surface area (Å²) >= 11 is 0. The van der Waals surface area contributed by atoms with Crippen molar-refractivity contribution in [2.75, 3.05) is 39.6 Å². The van der Waals surface area contributed by atoms with Gasteiger partial charge >= 0.3 is 39.5 Å². The van der Waals surface area contributed by atoms with Crippen molar-refractivity contribution in [3.8, 4) is 0 Å². The van der Waals surface area contributed by atoms with Crippen molar-refractivity contribution in [3.63, 3.8) is 0 Å². The second-order valence-electron chi connectivity index (χ2n) is 27.0. The molecule has 0 aliphatic rings. The SMILES string of the molecule is CC/C=C\C/C=C\C/C=C\CCCCCCCCCC(=O)OCC(COP(=O)(O)OCC(O)COP(=O)(O)OCC(COC(=O)CCCCCCC/C=C\CCCCCCCC)OC(=O)CCCCCCCCCCCCCCCCC)OC(=O)CCCCCCCCCCCCC. The van der Waals surface area contributed by atoms with E-state index in [2.05, 4.69) is 76.3 Å². The number of carbonyl (C=O) groups excluding carboxylic acids is 4. The van der Waals surface area contributed by atoms with Crippen LogP contribution in [0.2, 0.25) is 0 Å². The van der Waals surface area contributed by atoms with Gasteiger partial charge in [0.2, 0.25) is 0 Å². The summed E-state index contributed by atoms with van der Waals surface area (Å²) < 4.78 is 68.6. The first kappa shape index (κ1) is 95.0. The van der Waals surface area contributed by atoms with Crippen LogP contribution in [0, 0.1) is 0 Å². The van der Waals surface area contributed by atoms with Crippen LogP contribution in [0.4, 0.5) is 0 Å². The number of allylic oxidation sites excluding steroid dienone is 8. The van der Waals surface area contributed by atoms with Gasteiger partial charge in [-0.05, 0) is 83.5 Å². The quantitative estimate of drug-likeness (QED) is 0.0169. The van der Waals surface area contributed by atoms with Crippen molar-refractivity contribution >= 4 is 39.5 Å². The molecule has 0 aliphatic heterocycles. The lowest BCUT2D eigenvalue weighted by Crippen LogP contribution is -2.30. The molecule has 0 amide bonds. The van der Waals surface area contributed by atoms with Crippen LogP contribution in [0.1, 0.15) is 374 Å². The van der Waals surface area contributed by atoms with E-state index < -0.39 is 97.5 Å². The fourth-order valence-electron chi connectivity index (χ4n) is 11.2. The first-order valence-corrected chi connectivity index (χ1v) is 42.9. The minimum absolute atomic E-state index is 0.0994. The number of rotatable bonds is 76. The summed E-state index contributed by atoms with van der Waals surface area (Å²) in [6.07, 6.45) is 69.5. The zero-order chi connectivity index (χ0) is 71.8. The lowest BCUT2D eigenvalue weighted by atomic mass is 10.0. The molecule has 0 aromatic heterocycles. The molecule has 0 aliphatic carbocycles. The predicted octanol–water partition coefficient (Wildman–Crippen LogP) is 22.9. The number of phosphoric ester groups is 2. The van der Waals surface area contributed by atoms with Crippen molar-refractivity contribution in [3.05, 3.63) is 48.6 Å². The number of carbonyl (C=O) groups is 4. The third-order valence-electron chi connectivity index (χ3n) is 17.3. The van der Waals surface area contributed by atoms with Crippen LogP contribution in [0.15, 0.2) is 48.6 Å². The van der Waals surface area contributed by atoms with Crippen LogP contribution in [-0.2, 0) is 65.4 Å². The molecule has 5 atom stereocenters. The zero-order valence-electron chi connectivity index (χ0n) is 62.7. The van der Waals surface area contributed by atoms with E-state index in [1.54, 1.807) is 0 Å². The minimum atomic E-state index is -4.97. The second kappa shape index (κ2) is 72.4. The maximum Gasteiger partial charge on any atom is 0.472 e. The number of ether oxygens (including phenoxy) is 4. The van der Waals surface area contributed by atoms with Crippen LogP contribution >= 0.6 is 15.6 Å². The van der Waals surface area contributed by atoms with Crippen LogP contribution in [0.5, 0.6) is 0 Å².